The lowest BCUT2D eigenvalue weighted by atomic mass is 10.3. The average Bonchev–Trinajstić information content (AvgIpc) is 2.92. The van der Waals surface area contributed by atoms with Gasteiger partial charge in [-0.1, -0.05) is 0 Å². The molecule has 1 saturated heterocycles. The minimum atomic E-state index is -1.15. The molecule has 0 radical (unpaired) electrons. The van der Waals surface area contributed by atoms with Crippen molar-refractivity contribution in [3.63, 3.8) is 0 Å². The van der Waals surface area contributed by atoms with Crippen LogP contribution < -0.4 is 5.32 Å². The highest BCUT2D eigenvalue weighted by Gasteiger charge is 2.22. The van der Waals surface area contributed by atoms with Crippen molar-refractivity contribution in [2.45, 2.75) is 18.9 Å². The molecule has 0 bridgehead atoms. The first-order chi connectivity index (χ1) is 9.45. The van der Waals surface area contributed by atoms with Gasteiger partial charge in [0.25, 0.3) is 0 Å². The number of likely N-dealkylation sites (tertiary alicyclic amines) is 1. The number of hydrogen-bond acceptors (Lipinski definition) is 4. The average molecular weight is 287 g/mol. The minimum absolute atomic E-state index is 0.0173. The molecule has 0 aromatic carbocycles. The molecule has 0 aromatic heterocycles. The number of methoxy groups -OCH3 is 1. The topological polar surface area (TPSA) is 99.2 Å². The van der Waals surface area contributed by atoms with E-state index in [0.29, 0.717) is 0 Å². The van der Waals surface area contributed by atoms with Crippen LogP contribution in [-0.4, -0.2) is 79.3 Å². The second-order valence-electron chi connectivity index (χ2n) is 4.69. The third-order valence-corrected chi connectivity index (χ3v) is 3.18. The number of rotatable bonds is 6. The zero-order chi connectivity index (χ0) is 15.1. The Morgan fingerprint density at radius 1 is 1.35 bits per heavy atom. The Morgan fingerprint density at radius 3 is 2.45 bits per heavy atom. The molecule has 2 N–H and O–H groups in total. The SMILES string of the molecule is COC(CNC(=O)N(C)CC(=O)N1CCCC1)C(=O)O. The van der Waals surface area contributed by atoms with Crippen LogP contribution in [0.2, 0.25) is 0 Å². The van der Waals surface area contributed by atoms with Gasteiger partial charge in [-0.05, 0) is 12.8 Å². The zero-order valence-corrected chi connectivity index (χ0v) is 11.8. The van der Waals surface area contributed by atoms with Gasteiger partial charge < -0.3 is 25.0 Å². The van der Waals surface area contributed by atoms with Gasteiger partial charge in [0.05, 0.1) is 6.54 Å². The van der Waals surface area contributed by atoms with Crippen LogP contribution in [0.4, 0.5) is 4.79 Å². The van der Waals surface area contributed by atoms with Crippen LogP contribution in [0.3, 0.4) is 0 Å². The van der Waals surface area contributed by atoms with E-state index in [-0.39, 0.29) is 19.0 Å². The molecule has 0 spiro atoms. The number of nitrogens with zero attached hydrogens (tertiary/aromatic N) is 2. The quantitative estimate of drug-likeness (QED) is 0.676. The van der Waals surface area contributed by atoms with Crippen molar-refractivity contribution in [2.75, 3.05) is 40.3 Å². The lowest BCUT2D eigenvalue weighted by Crippen LogP contribution is -2.47. The summed E-state index contributed by atoms with van der Waals surface area (Å²) in [7, 11) is 2.75. The molecule has 20 heavy (non-hydrogen) atoms. The molecule has 114 valence electrons. The summed E-state index contributed by atoms with van der Waals surface area (Å²) in [6.45, 7) is 1.31. The van der Waals surface area contributed by atoms with E-state index in [1.807, 2.05) is 0 Å². The summed E-state index contributed by atoms with van der Waals surface area (Å²) >= 11 is 0. The predicted molar refractivity (Wildman–Crippen MR) is 70.3 cm³/mol. The highest BCUT2D eigenvalue weighted by molar-refractivity contribution is 5.84. The number of urea groups is 1. The first-order valence-corrected chi connectivity index (χ1v) is 6.48. The summed E-state index contributed by atoms with van der Waals surface area (Å²) < 4.78 is 4.70. The number of likely N-dealkylation sites (N-methyl/N-ethyl adjacent to an activating group) is 1. The van der Waals surface area contributed by atoms with Crippen LogP contribution in [0, 0.1) is 0 Å². The van der Waals surface area contributed by atoms with Gasteiger partial charge in [-0.25, -0.2) is 9.59 Å². The fraction of sp³-hybridized carbons (Fsp3) is 0.750. The van der Waals surface area contributed by atoms with Crippen LogP contribution in [0.5, 0.6) is 0 Å². The van der Waals surface area contributed by atoms with Crippen molar-refractivity contribution in [1.29, 1.82) is 0 Å². The van der Waals surface area contributed by atoms with E-state index >= 15 is 0 Å². The minimum Gasteiger partial charge on any atom is -0.479 e. The lowest BCUT2D eigenvalue weighted by Gasteiger charge is -2.22. The second-order valence-corrected chi connectivity index (χ2v) is 4.69. The summed E-state index contributed by atoms with van der Waals surface area (Å²) in [6.07, 6.45) is 0.896. The normalized spacial score (nSPS) is 15.8. The van der Waals surface area contributed by atoms with Crippen LogP contribution >= 0.6 is 0 Å². The van der Waals surface area contributed by atoms with E-state index in [1.54, 1.807) is 4.90 Å². The third kappa shape index (κ3) is 4.69. The number of carbonyl (C=O) groups is 3. The lowest BCUT2D eigenvalue weighted by molar-refractivity contribution is -0.148. The Labute approximate surface area is 117 Å². The molecule has 1 rings (SSSR count). The molecule has 0 saturated carbocycles. The van der Waals surface area contributed by atoms with E-state index in [9.17, 15) is 14.4 Å². The van der Waals surface area contributed by atoms with Crippen molar-refractivity contribution in [2.24, 2.45) is 0 Å². The standard InChI is InChI=1S/C12H21N3O5/c1-14(8-10(16)15-5-3-4-6-15)12(19)13-7-9(20-2)11(17)18/h9H,3-8H2,1-2H3,(H,13,19)(H,17,18). The molecule has 1 unspecified atom stereocenters. The van der Waals surface area contributed by atoms with Crippen molar-refractivity contribution in [3.05, 3.63) is 0 Å². The number of carbonyl (C=O) groups excluding carboxylic acids is 2. The molecule has 8 heteroatoms. The maximum absolute atomic E-state index is 11.8. The number of aliphatic carboxylic acids is 1. The Kier molecular flexibility index (Phi) is 6.23. The summed E-state index contributed by atoms with van der Waals surface area (Å²) in [6, 6.07) is -0.499. The van der Waals surface area contributed by atoms with Crippen LogP contribution in [0.1, 0.15) is 12.8 Å². The Morgan fingerprint density at radius 2 is 1.95 bits per heavy atom. The maximum Gasteiger partial charge on any atom is 0.334 e. The van der Waals surface area contributed by atoms with Crippen molar-refractivity contribution < 1.29 is 24.2 Å². The largest absolute Gasteiger partial charge is 0.479 e. The zero-order valence-electron chi connectivity index (χ0n) is 11.8. The van der Waals surface area contributed by atoms with Crippen molar-refractivity contribution >= 4 is 17.9 Å². The Bertz CT molecular complexity index is 368. The number of amides is 3. The van der Waals surface area contributed by atoms with E-state index < -0.39 is 18.1 Å². The molecule has 0 aromatic rings. The van der Waals surface area contributed by atoms with Crippen LogP contribution in [0.25, 0.3) is 0 Å². The van der Waals surface area contributed by atoms with Crippen molar-refractivity contribution in [3.8, 4) is 0 Å². The van der Waals surface area contributed by atoms with Gasteiger partial charge in [0.15, 0.2) is 6.10 Å². The molecular formula is C12H21N3O5. The number of ether oxygens (including phenoxy) is 1. The van der Waals surface area contributed by atoms with E-state index in [2.05, 4.69) is 5.32 Å². The summed E-state index contributed by atoms with van der Waals surface area (Å²) in [5, 5.41) is 11.2. The van der Waals surface area contributed by atoms with Crippen LogP contribution in [0.15, 0.2) is 0 Å². The molecule has 1 aliphatic heterocycles. The van der Waals surface area contributed by atoms with Crippen molar-refractivity contribution in [1.82, 2.24) is 15.1 Å². The second kappa shape index (κ2) is 7.68. The van der Waals surface area contributed by atoms with Crippen LogP contribution in [-0.2, 0) is 14.3 Å². The van der Waals surface area contributed by atoms with Gasteiger partial charge in [-0.15, -0.1) is 0 Å². The maximum atomic E-state index is 11.8. The first kappa shape index (κ1) is 16.2. The molecule has 1 heterocycles. The number of carboxylic acid groups (broad SMARTS) is 1. The molecular weight excluding hydrogens is 266 g/mol. The monoisotopic (exact) mass is 287 g/mol. The number of hydrogen-bond donors (Lipinski definition) is 2. The van der Waals surface area contributed by atoms with E-state index in [0.717, 1.165) is 25.9 Å². The molecule has 1 atom stereocenters. The molecule has 1 fully saturated rings. The van der Waals surface area contributed by atoms with E-state index in [4.69, 9.17) is 9.84 Å². The third-order valence-electron chi connectivity index (χ3n) is 3.18. The van der Waals surface area contributed by atoms with Gasteiger partial charge in [-0.3, -0.25) is 4.79 Å². The fourth-order valence-corrected chi connectivity index (χ4v) is 1.93. The molecule has 1 aliphatic rings. The molecule has 3 amide bonds. The number of nitrogens with one attached hydrogen (secondary N) is 1. The Balaban J connectivity index is 2.34. The molecule has 8 nitrogen and oxygen atoms in total. The smallest absolute Gasteiger partial charge is 0.334 e. The van der Waals surface area contributed by atoms with Gasteiger partial charge >= 0.3 is 12.0 Å². The summed E-state index contributed by atoms with van der Waals surface area (Å²) in [5.74, 6) is -1.25. The first-order valence-electron chi connectivity index (χ1n) is 6.48. The highest BCUT2D eigenvalue weighted by atomic mass is 16.5. The molecule has 0 aliphatic carbocycles. The van der Waals surface area contributed by atoms with E-state index in [1.165, 1.54) is 19.1 Å². The van der Waals surface area contributed by atoms with Gasteiger partial charge in [0.2, 0.25) is 5.91 Å². The summed E-state index contributed by atoms with van der Waals surface area (Å²) in [4.78, 5) is 37.2. The van der Waals surface area contributed by atoms with Gasteiger partial charge in [0.1, 0.15) is 6.54 Å². The Hall–Kier alpha value is -1.83. The number of carboxylic acids is 1. The van der Waals surface area contributed by atoms with Gasteiger partial charge in [-0.2, -0.15) is 0 Å². The summed E-state index contributed by atoms with van der Waals surface area (Å²) in [5.41, 5.74) is 0. The predicted octanol–water partition coefficient (Wildman–Crippen LogP) is -0.650. The van der Waals surface area contributed by atoms with Gasteiger partial charge in [0, 0.05) is 27.2 Å². The fourth-order valence-electron chi connectivity index (χ4n) is 1.93. The highest BCUT2D eigenvalue weighted by Crippen LogP contribution is 2.07.